The Morgan fingerprint density at radius 2 is 1.21 bits per heavy atom. The number of para-hydroxylation sites is 1. The number of H-pyrrole nitrogens is 1. The summed E-state index contributed by atoms with van der Waals surface area (Å²) in [5, 5.41) is 0.894. The molecule has 1 N–H and O–H groups in total. The van der Waals surface area contributed by atoms with Crippen LogP contribution in [0.5, 0.6) is 0 Å². The van der Waals surface area contributed by atoms with Gasteiger partial charge in [-0.1, -0.05) is 30.4 Å². The Kier molecular flexibility index (Phi) is 5.04. The molecule has 0 amide bonds. The maximum Gasteiger partial charge on any atom is 0.133 e. The lowest BCUT2D eigenvalue weighted by Gasteiger charge is -1.99. The second-order valence-corrected chi connectivity index (χ2v) is 6.50. The monoisotopic (exact) mass is 393 g/mol. The van der Waals surface area contributed by atoms with Gasteiger partial charge < -0.3 is 4.98 Å². The molecular weight excluding hydrogens is 378 g/mol. The molecule has 0 radical (unpaired) electrons. The lowest BCUT2D eigenvalue weighted by atomic mass is 10.1. The zero-order chi connectivity index (χ0) is 20.4. The molecule has 4 aromatic rings. The molecule has 0 saturated carbocycles. The van der Waals surface area contributed by atoms with E-state index in [1.807, 2.05) is 24.3 Å². The van der Waals surface area contributed by atoms with Crippen molar-refractivity contribution >= 4 is 35.2 Å². The van der Waals surface area contributed by atoms with E-state index >= 15 is 0 Å². The first-order valence-corrected chi connectivity index (χ1v) is 8.88. The average Bonchev–Trinajstić information content (AvgIpc) is 3.04. The molecule has 0 atom stereocenters. The minimum atomic E-state index is -0.664. The quantitative estimate of drug-likeness (QED) is 0.357. The number of benzene rings is 3. The van der Waals surface area contributed by atoms with Crippen LogP contribution in [-0.4, -0.2) is 4.98 Å². The first-order chi connectivity index (χ1) is 14.0. The Morgan fingerprint density at radius 1 is 0.621 bits per heavy atom. The molecule has 0 aliphatic carbocycles. The van der Waals surface area contributed by atoms with E-state index in [2.05, 4.69) is 4.98 Å². The molecule has 0 fully saturated rings. The molecule has 1 aromatic heterocycles. The van der Waals surface area contributed by atoms with Crippen LogP contribution in [-0.2, 0) is 0 Å². The number of fused-ring (bicyclic) bond motifs is 1. The van der Waals surface area contributed by atoms with E-state index in [4.69, 9.17) is 0 Å². The van der Waals surface area contributed by atoms with E-state index in [1.54, 1.807) is 18.2 Å². The van der Waals surface area contributed by atoms with E-state index < -0.39 is 23.3 Å². The van der Waals surface area contributed by atoms with Crippen LogP contribution in [0.2, 0.25) is 0 Å². The van der Waals surface area contributed by atoms with E-state index in [9.17, 15) is 17.6 Å². The SMILES string of the molecule is Fc1ccc(/C=C/c2[nH]c3ccccc3c2/C=C/c2ccc(F)cc2F)c(F)c1. The molecule has 0 aliphatic heterocycles. The van der Waals surface area contributed by atoms with Crippen molar-refractivity contribution in [2.45, 2.75) is 0 Å². The van der Waals surface area contributed by atoms with E-state index in [1.165, 1.54) is 30.3 Å². The van der Waals surface area contributed by atoms with Gasteiger partial charge in [0.05, 0.1) is 0 Å². The molecule has 3 aromatic carbocycles. The Labute approximate surface area is 164 Å². The topological polar surface area (TPSA) is 15.8 Å². The third-order valence-corrected chi connectivity index (χ3v) is 4.56. The molecule has 0 bridgehead atoms. The number of hydrogen-bond acceptors (Lipinski definition) is 0. The minimum absolute atomic E-state index is 0.240. The summed E-state index contributed by atoms with van der Waals surface area (Å²) in [5.74, 6) is -2.61. The molecule has 29 heavy (non-hydrogen) atoms. The summed E-state index contributed by atoms with van der Waals surface area (Å²) >= 11 is 0. The number of rotatable bonds is 4. The first kappa shape index (κ1) is 18.7. The van der Waals surface area contributed by atoms with Crippen LogP contribution in [0.3, 0.4) is 0 Å². The van der Waals surface area contributed by atoms with Crippen LogP contribution in [0, 0.1) is 23.3 Å². The second-order valence-electron chi connectivity index (χ2n) is 6.50. The molecule has 0 aliphatic rings. The van der Waals surface area contributed by atoms with Crippen LogP contribution < -0.4 is 0 Å². The fraction of sp³-hybridized carbons (Fsp3) is 0. The van der Waals surface area contributed by atoms with Gasteiger partial charge >= 0.3 is 0 Å². The molecular formula is C24H15F4N. The summed E-state index contributed by atoms with van der Waals surface area (Å²) in [7, 11) is 0. The number of aromatic amines is 1. The van der Waals surface area contributed by atoms with Crippen molar-refractivity contribution in [2.75, 3.05) is 0 Å². The van der Waals surface area contributed by atoms with Gasteiger partial charge in [-0.25, -0.2) is 17.6 Å². The Balaban J connectivity index is 1.76. The van der Waals surface area contributed by atoms with Gasteiger partial charge in [0.1, 0.15) is 23.3 Å². The molecule has 144 valence electrons. The number of nitrogens with one attached hydrogen (secondary N) is 1. The highest BCUT2D eigenvalue weighted by molar-refractivity contribution is 5.96. The smallest absolute Gasteiger partial charge is 0.133 e. The van der Waals surface area contributed by atoms with Crippen LogP contribution >= 0.6 is 0 Å². The fourth-order valence-corrected chi connectivity index (χ4v) is 3.12. The van der Waals surface area contributed by atoms with Gasteiger partial charge in [0.15, 0.2) is 0 Å². The number of hydrogen-bond donors (Lipinski definition) is 1. The van der Waals surface area contributed by atoms with Crippen molar-refractivity contribution in [2.24, 2.45) is 0 Å². The molecule has 4 rings (SSSR count). The molecule has 0 saturated heterocycles. The number of aromatic nitrogens is 1. The predicted octanol–water partition coefficient (Wildman–Crippen LogP) is 7.07. The Morgan fingerprint density at radius 3 is 1.83 bits per heavy atom. The summed E-state index contributed by atoms with van der Waals surface area (Å²) in [5.41, 5.74) is 2.78. The molecule has 0 unspecified atom stereocenters. The summed E-state index contributed by atoms with van der Waals surface area (Å²) < 4.78 is 54.1. The van der Waals surface area contributed by atoms with E-state index in [0.717, 1.165) is 28.6 Å². The van der Waals surface area contributed by atoms with Crippen molar-refractivity contribution in [3.05, 3.63) is 106 Å². The molecule has 1 nitrogen and oxygen atoms in total. The van der Waals surface area contributed by atoms with Crippen LogP contribution in [0.4, 0.5) is 17.6 Å². The van der Waals surface area contributed by atoms with Crippen molar-refractivity contribution < 1.29 is 17.6 Å². The predicted molar refractivity (Wildman–Crippen MR) is 109 cm³/mol. The highest BCUT2D eigenvalue weighted by Gasteiger charge is 2.08. The summed E-state index contributed by atoms with van der Waals surface area (Å²) in [6, 6.07) is 14.3. The summed E-state index contributed by atoms with van der Waals surface area (Å²) in [6.07, 6.45) is 6.49. The highest BCUT2D eigenvalue weighted by atomic mass is 19.1. The molecule has 0 spiro atoms. The minimum Gasteiger partial charge on any atom is -0.355 e. The standard InChI is InChI=1S/C24H15F4N/c25-17-9-5-15(21(27)13-17)7-11-20-19-3-1-2-4-23(19)29-24(20)12-8-16-6-10-18(26)14-22(16)28/h1-14,29H/b11-7+,12-8+. The fourth-order valence-electron chi connectivity index (χ4n) is 3.12. The Bertz CT molecular complexity index is 1250. The van der Waals surface area contributed by atoms with E-state index in [-0.39, 0.29) is 11.1 Å². The molecule has 1 heterocycles. The third-order valence-electron chi connectivity index (χ3n) is 4.56. The van der Waals surface area contributed by atoms with Gasteiger partial charge in [-0.2, -0.15) is 0 Å². The van der Waals surface area contributed by atoms with Crippen molar-refractivity contribution in [3.63, 3.8) is 0 Å². The zero-order valence-electron chi connectivity index (χ0n) is 15.1. The van der Waals surface area contributed by atoms with Crippen LogP contribution in [0.1, 0.15) is 22.4 Å². The van der Waals surface area contributed by atoms with Crippen molar-refractivity contribution in [1.82, 2.24) is 4.98 Å². The van der Waals surface area contributed by atoms with Gasteiger partial charge in [-0.05, 0) is 42.5 Å². The van der Waals surface area contributed by atoms with Gasteiger partial charge in [-0.15, -0.1) is 0 Å². The Hall–Kier alpha value is -3.60. The zero-order valence-corrected chi connectivity index (χ0v) is 15.1. The van der Waals surface area contributed by atoms with Gasteiger partial charge in [0, 0.05) is 45.4 Å². The third kappa shape index (κ3) is 3.99. The van der Waals surface area contributed by atoms with Gasteiger partial charge in [0.2, 0.25) is 0 Å². The maximum absolute atomic E-state index is 14.0. The summed E-state index contributed by atoms with van der Waals surface area (Å²) in [4.78, 5) is 3.24. The number of halogens is 4. The molecule has 5 heteroatoms. The van der Waals surface area contributed by atoms with E-state index in [0.29, 0.717) is 5.69 Å². The van der Waals surface area contributed by atoms with Crippen molar-refractivity contribution in [3.8, 4) is 0 Å². The largest absolute Gasteiger partial charge is 0.355 e. The normalized spacial score (nSPS) is 11.9. The maximum atomic E-state index is 14.0. The lowest BCUT2D eigenvalue weighted by Crippen LogP contribution is -1.85. The van der Waals surface area contributed by atoms with Gasteiger partial charge in [-0.3, -0.25) is 0 Å². The highest BCUT2D eigenvalue weighted by Crippen LogP contribution is 2.27. The first-order valence-electron chi connectivity index (χ1n) is 8.88. The lowest BCUT2D eigenvalue weighted by molar-refractivity contribution is 0.581. The van der Waals surface area contributed by atoms with Crippen LogP contribution in [0.25, 0.3) is 35.2 Å². The van der Waals surface area contributed by atoms with Gasteiger partial charge in [0.25, 0.3) is 0 Å². The average molecular weight is 393 g/mol. The summed E-state index contributed by atoms with van der Waals surface area (Å²) in [6.45, 7) is 0. The van der Waals surface area contributed by atoms with Crippen LogP contribution in [0.15, 0.2) is 60.7 Å². The second kappa shape index (κ2) is 7.80. The van der Waals surface area contributed by atoms with Crippen molar-refractivity contribution in [1.29, 1.82) is 0 Å².